The van der Waals surface area contributed by atoms with E-state index in [1.807, 2.05) is 42.9 Å². The second kappa shape index (κ2) is 3.90. The van der Waals surface area contributed by atoms with Gasteiger partial charge in [-0.1, -0.05) is 12.1 Å². The quantitative estimate of drug-likeness (QED) is 0.821. The highest BCUT2D eigenvalue weighted by molar-refractivity contribution is 5.84. The molecule has 15 heavy (non-hydrogen) atoms. The van der Waals surface area contributed by atoms with Gasteiger partial charge in [-0.05, 0) is 19.1 Å². The first-order valence-electron chi connectivity index (χ1n) is 4.98. The Morgan fingerprint density at radius 1 is 1.47 bits per heavy atom. The Morgan fingerprint density at radius 2 is 2.20 bits per heavy atom. The fourth-order valence-corrected chi connectivity index (χ4v) is 1.50. The number of aryl methyl sites for hydroxylation is 1. The van der Waals surface area contributed by atoms with E-state index in [-0.39, 0.29) is 6.04 Å². The van der Waals surface area contributed by atoms with Crippen LogP contribution in [0.3, 0.4) is 0 Å². The molecule has 1 heterocycles. The third kappa shape index (κ3) is 1.94. The molecule has 4 nitrogen and oxygen atoms in total. The molecule has 2 aromatic rings. The molecule has 2 rings (SSSR count). The number of nitrogens with zero attached hydrogens (tertiary/aromatic N) is 2. The van der Waals surface area contributed by atoms with Gasteiger partial charge in [0.1, 0.15) is 6.61 Å². The highest BCUT2D eigenvalue weighted by atomic mass is 16.5. The van der Waals surface area contributed by atoms with E-state index in [2.05, 4.69) is 5.10 Å². The number of ether oxygens (including phenoxy) is 1. The van der Waals surface area contributed by atoms with Crippen molar-refractivity contribution >= 4 is 10.9 Å². The van der Waals surface area contributed by atoms with Gasteiger partial charge >= 0.3 is 0 Å². The molecular formula is C11H15N3O. The van der Waals surface area contributed by atoms with E-state index in [9.17, 15) is 0 Å². The Hall–Kier alpha value is -1.55. The Bertz CT molecular complexity index is 462. The molecule has 0 aliphatic carbocycles. The summed E-state index contributed by atoms with van der Waals surface area (Å²) in [4.78, 5) is 0. The zero-order chi connectivity index (χ0) is 10.8. The van der Waals surface area contributed by atoms with Crippen molar-refractivity contribution in [1.29, 1.82) is 0 Å². The van der Waals surface area contributed by atoms with Crippen molar-refractivity contribution in [2.75, 3.05) is 6.61 Å². The van der Waals surface area contributed by atoms with Crippen LogP contribution < -0.4 is 10.5 Å². The predicted molar refractivity (Wildman–Crippen MR) is 59.9 cm³/mol. The predicted octanol–water partition coefficient (Wildman–Crippen LogP) is 1.30. The number of benzene rings is 1. The van der Waals surface area contributed by atoms with Crippen LogP contribution >= 0.6 is 0 Å². The van der Waals surface area contributed by atoms with Gasteiger partial charge in [-0.2, -0.15) is 0 Å². The normalized spacial score (nSPS) is 13.0. The molecule has 0 saturated heterocycles. The number of rotatable bonds is 3. The summed E-state index contributed by atoms with van der Waals surface area (Å²) >= 11 is 0. The lowest BCUT2D eigenvalue weighted by Gasteiger charge is -2.05. The van der Waals surface area contributed by atoms with Gasteiger partial charge in [0.2, 0.25) is 5.88 Å². The largest absolute Gasteiger partial charge is 0.475 e. The molecule has 0 radical (unpaired) electrons. The first-order chi connectivity index (χ1) is 7.18. The summed E-state index contributed by atoms with van der Waals surface area (Å²) in [6, 6.07) is 7.99. The van der Waals surface area contributed by atoms with E-state index >= 15 is 0 Å². The van der Waals surface area contributed by atoms with Gasteiger partial charge in [-0.3, -0.25) is 4.68 Å². The van der Waals surface area contributed by atoms with Crippen LogP contribution in [0.25, 0.3) is 10.9 Å². The van der Waals surface area contributed by atoms with Crippen LogP contribution in [-0.2, 0) is 7.05 Å². The minimum absolute atomic E-state index is 0.0192. The lowest BCUT2D eigenvalue weighted by Crippen LogP contribution is -2.23. The highest BCUT2D eigenvalue weighted by Gasteiger charge is 2.08. The summed E-state index contributed by atoms with van der Waals surface area (Å²) in [5.41, 5.74) is 6.70. The maximum absolute atomic E-state index is 5.63. The standard InChI is InChI=1S/C11H15N3O/c1-8(12)7-15-11-9-5-3-4-6-10(9)14(2)13-11/h3-6,8H,7,12H2,1-2H3. The van der Waals surface area contributed by atoms with Crippen molar-refractivity contribution in [3.8, 4) is 5.88 Å². The number of nitrogens with two attached hydrogens (primary N) is 1. The number of hydrogen-bond donors (Lipinski definition) is 1. The number of aromatic nitrogens is 2. The lowest BCUT2D eigenvalue weighted by atomic mass is 10.2. The molecule has 4 heteroatoms. The fourth-order valence-electron chi connectivity index (χ4n) is 1.50. The summed E-state index contributed by atoms with van der Waals surface area (Å²) in [5, 5.41) is 5.33. The molecule has 1 atom stereocenters. The minimum Gasteiger partial charge on any atom is -0.475 e. The van der Waals surface area contributed by atoms with Crippen LogP contribution in [-0.4, -0.2) is 22.4 Å². The summed E-state index contributed by atoms with van der Waals surface area (Å²) in [6.07, 6.45) is 0. The second-order valence-corrected chi connectivity index (χ2v) is 3.73. The summed E-state index contributed by atoms with van der Waals surface area (Å²) < 4.78 is 7.36. The second-order valence-electron chi connectivity index (χ2n) is 3.73. The van der Waals surface area contributed by atoms with E-state index in [0.29, 0.717) is 12.5 Å². The van der Waals surface area contributed by atoms with Gasteiger partial charge in [-0.15, -0.1) is 5.10 Å². The van der Waals surface area contributed by atoms with Crippen LogP contribution in [0.2, 0.25) is 0 Å². The Balaban J connectivity index is 2.35. The molecule has 1 unspecified atom stereocenters. The number of fused-ring (bicyclic) bond motifs is 1. The number of hydrogen-bond acceptors (Lipinski definition) is 3. The summed E-state index contributed by atoms with van der Waals surface area (Å²) in [6.45, 7) is 2.39. The van der Waals surface area contributed by atoms with E-state index in [4.69, 9.17) is 10.5 Å². The zero-order valence-electron chi connectivity index (χ0n) is 8.97. The van der Waals surface area contributed by atoms with Gasteiger partial charge in [0, 0.05) is 13.1 Å². The van der Waals surface area contributed by atoms with Crippen molar-refractivity contribution < 1.29 is 4.74 Å². The molecule has 1 aromatic carbocycles. The minimum atomic E-state index is 0.0192. The molecule has 0 aliphatic heterocycles. The van der Waals surface area contributed by atoms with Crippen molar-refractivity contribution in [1.82, 2.24) is 9.78 Å². The SMILES string of the molecule is CC(N)COc1nn(C)c2ccccc12. The third-order valence-electron chi connectivity index (χ3n) is 2.21. The van der Waals surface area contributed by atoms with Gasteiger partial charge in [0.05, 0.1) is 10.9 Å². The van der Waals surface area contributed by atoms with Crippen LogP contribution in [0.15, 0.2) is 24.3 Å². The molecule has 1 aromatic heterocycles. The lowest BCUT2D eigenvalue weighted by molar-refractivity contribution is 0.285. The first-order valence-corrected chi connectivity index (χ1v) is 4.98. The van der Waals surface area contributed by atoms with Crippen LogP contribution in [0.4, 0.5) is 0 Å². The molecule has 80 valence electrons. The smallest absolute Gasteiger partial charge is 0.240 e. The third-order valence-corrected chi connectivity index (χ3v) is 2.21. The molecule has 0 amide bonds. The van der Waals surface area contributed by atoms with Crippen LogP contribution in [0, 0.1) is 0 Å². The van der Waals surface area contributed by atoms with Crippen LogP contribution in [0.1, 0.15) is 6.92 Å². The Kier molecular flexibility index (Phi) is 2.60. The molecule has 0 saturated carbocycles. The van der Waals surface area contributed by atoms with E-state index in [1.54, 1.807) is 0 Å². The van der Waals surface area contributed by atoms with Crippen molar-refractivity contribution in [2.24, 2.45) is 12.8 Å². The fraction of sp³-hybridized carbons (Fsp3) is 0.364. The molecule has 0 fully saturated rings. The molecule has 2 N–H and O–H groups in total. The summed E-state index contributed by atoms with van der Waals surface area (Å²) in [5.74, 6) is 0.658. The van der Waals surface area contributed by atoms with E-state index in [1.165, 1.54) is 0 Å². The van der Waals surface area contributed by atoms with E-state index < -0.39 is 0 Å². The van der Waals surface area contributed by atoms with Crippen molar-refractivity contribution in [3.63, 3.8) is 0 Å². The highest BCUT2D eigenvalue weighted by Crippen LogP contribution is 2.23. The Labute approximate surface area is 88.6 Å². The van der Waals surface area contributed by atoms with Gasteiger partial charge in [-0.25, -0.2) is 0 Å². The Morgan fingerprint density at radius 3 is 2.93 bits per heavy atom. The van der Waals surface area contributed by atoms with E-state index in [0.717, 1.165) is 10.9 Å². The average molecular weight is 205 g/mol. The zero-order valence-corrected chi connectivity index (χ0v) is 8.97. The van der Waals surface area contributed by atoms with Crippen LogP contribution in [0.5, 0.6) is 5.88 Å². The van der Waals surface area contributed by atoms with Gasteiger partial charge < -0.3 is 10.5 Å². The molecule has 0 aliphatic rings. The summed E-state index contributed by atoms with van der Waals surface area (Å²) in [7, 11) is 1.90. The maximum atomic E-state index is 5.63. The van der Waals surface area contributed by atoms with Crippen molar-refractivity contribution in [3.05, 3.63) is 24.3 Å². The molecular weight excluding hydrogens is 190 g/mol. The van der Waals surface area contributed by atoms with Gasteiger partial charge in [0.15, 0.2) is 0 Å². The molecule has 0 bridgehead atoms. The topological polar surface area (TPSA) is 53.1 Å². The maximum Gasteiger partial charge on any atom is 0.240 e. The average Bonchev–Trinajstić information content (AvgIpc) is 2.54. The van der Waals surface area contributed by atoms with Gasteiger partial charge in [0.25, 0.3) is 0 Å². The first kappa shape index (κ1) is 9.98. The van der Waals surface area contributed by atoms with Crippen molar-refractivity contribution in [2.45, 2.75) is 13.0 Å². The number of para-hydroxylation sites is 1. The monoisotopic (exact) mass is 205 g/mol. The molecule has 0 spiro atoms.